The predicted octanol–water partition coefficient (Wildman–Crippen LogP) is 2.31. The van der Waals surface area contributed by atoms with Gasteiger partial charge in [-0.25, -0.2) is 4.79 Å². The molecule has 5 nitrogen and oxygen atoms in total. The lowest BCUT2D eigenvalue weighted by atomic mass is 10.0. The van der Waals surface area contributed by atoms with Gasteiger partial charge in [-0.15, -0.1) is 0 Å². The molecule has 1 aliphatic rings. The molecule has 0 saturated carbocycles. The summed E-state index contributed by atoms with van der Waals surface area (Å²) in [4.78, 5) is 11.9. The molecule has 0 spiro atoms. The first-order chi connectivity index (χ1) is 12.6. The Kier molecular flexibility index (Phi) is 4.39. The van der Waals surface area contributed by atoms with Gasteiger partial charge in [0, 0.05) is 17.0 Å². The Morgan fingerprint density at radius 3 is 2.77 bits per heavy atom. The minimum atomic E-state index is -0.305. The summed E-state index contributed by atoms with van der Waals surface area (Å²) in [5.41, 5.74) is 3.50. The summed E-state index contributed by atoms with van der Waals surface area (Å²) in [6, 6.07) is 13.4. The van der Waals surface area contributed by atoms with E-state index < -0.39 is 0 Å². The van der Waals surface area contributed by atoms with Crippen molar-refractivity contribution in [2.75, 3.05) is 13.2 Å². The van der Waals surface area contributed by atoms with E-state index in [1.807, 2.05) is 44.2 Å². The number of hydrogen-bond donors (Lipinski definition) is 1. The molecule has 134 valence electrons. The zero-order valence-corrected chi connectivity index (χ0v) is 15.0. The number of quaternary nitrogens is 1. The van der Waals surface area contributed by atoms with E-state index in [1.165, 1.54) is 0 Å². The van der Waals surface area contributed by atoms with E-state index in [0.717, 1.165) is 40.1 Å². The van der Waals surface area contributed by atoms with E-state index in [-0.39, 0.29) is 11.7 Å². The summed E-state index contributed by atoms with van der Waals surface area (Å²) in [7, 11) is 0. The van der Waals surface area contributed by atoms with Gasteiger partial charge in [0.05, 0.1) is 0 Å². The molecule has 2 N–H and O–H groups in total. The number of ether oxygens (including phenoxy) is 2. The van der Waals surface area contributed by atoms with Crippen LogP contribution in [0, 0.1) is 13.8 Å². The first-order valence-corrected chi connectivity index (χ1v) is 8.85. The standard InChI is InChI=1S/C21H21NO4/c1-13-7-8-17-15(9-20(23)26-21(17)14(13)2)10-22-11-16-12-24-18-5-3-4-6-19(18)25-16/h3-9,16,22H,10-12H2,1-2H3/p+1/t16-/m1/s1. The summed E-state index contributed by atoms with van der Waals surface area (Å²) < 4.78 is 17.2. The van der Waals surface area contributed by atoms with E-state index >= 15 is 0 Å². The molecule has 0 saturated heterocycles. The van der Waals surface area contributed by atoms with Crippen LogP contribution in [-0.4, -0.2) is 19.3 Å². The average molecular weight is 352 g/mol. The fourth-order valence-corrected chi connectivity index (χ4v) is 3.30. The Morgan fingerprint density at radius 1 is 1.12 bits per heavy atom. The number of rotatable bonds is 4. The minimum absolute atomic E-state index is 0.0136. The maximum Gasteiger partial charge on any atom is 0.336 e. The largest absolute Gasteiger partial charge is 0.486 e. The monoisotopic (exact) mass is 352 g/mol. The number of nitrogens with two attached hydrogens (primary N) is 1. The van der Waals surface area contributed by atoms with E-state index in [9.17, 15) is 4.79 Å². The van der Waals surface area contributed by atoms with E-state index in [4.69, 9.17) is 13.9 Å². The maximum atomic E-state index is 11.9. The van der Waals surface area contributed by atoms with Gasteiger partial charge in [0.1, 0.15) is 25.3 Å². The Balaban J connectivity index is 1.47. The summed E-state index contributed by atoms with van der Waals surface area (Å²) in [5.74, 6) is 1.58. The van der Waals surface area contributed by atoms with Crippen molar-refractivity contribution in [1.82, 2.24) is 0 Å². The predicted molar refractivity (Wildman–Crippen MR) is 98.8 cm³/mol. The molecule has 4 rings (SSSR count). The lowest BCUT2D eigenvalue weighted by molar-refractivity contribution is -0.675. The zero-order chi connectivity index (χ0) is 18.1. The van der Waals surface area contributed by atoms with Crippen LogP contribution in [0.2, 0.25) is 0 Å². The zero-order valence-electron chi connectivity index (χ0n) is 15.0. The lowest BCUT2D eigenvalue weighted by Crippen LogP contribution is -2.85. The topological polar surface area (TPSA) is 65.3 Å². The molecule has 1 aliphatic heterocycles. The van der Waals surface area contributed by atoms with Gasteiger partial charge in [-0.3, -0.25) is 0 Å². The number of hydrogen-bond acceptors (Lipinski definition) is 4. The summed E-state index contributed by atoms with van der Waals surface area (Å²) in [6.45, 7) is 5.97. The van der Waals surface area contributed by atoms with Crippen LogP contribution in [0.1, 0.15) is 16.7 Å². The highest BCUT2D eigenvalue weighted by Gasteiger charge is 2.22. The average Bonchev–Trinajstić information content (AvgIpc) is 2.65. The number of fused-ring (bicyclic) bond motifs is 2. The highest BCUT2D eigenvalue weighted by Crippen LogP contribution is 2.30. The second-order valence-electron chi connectivity index (χ2n) is 6.70. The molecular weight excluding hydrogens is 330 g/mol. The van der Waals surface area contributed by atoms with Crippen molar-refractivity contribution >= 4 is 11.0 Å². The van der Waals surface area contributed by atoms with Gasteiger partial charge in [0.25, 0.3) is 0 Å². The fraction of sp³-hybridized carbons (Fsp3) is 0.286. The second kappa shape index (κ2) is 6.84. The number of benzene rings is 2. The van der Waals surface area contributed by atoms with Gasteiger partial charge >= 0.3 is 5.63 Å². The van der Waals surface area contributed by atoms with E-state index in [2.05, 4.69) is 11.4 Å². The molecule has 5 heteroatoms. The van der Waals surface area contributed by atoms with Gasteiger partial charge in [-0.2, -0.15) is 0 Å². The van der Waals surface area contributed by atoms with Crippen LogP contribution in [-0.2, 0) is 6.54 Å². The quantitative estimate of drug-likeness (QED) is 0.732. The van der Waals surface area contributed by atoms with Crippen molar-refractivity contribution in [3.63, 3.8) is 0 Å². The van der Waals surface area contributed by atoms with Gasteiger partial charge < -0.3 is 19.2 Å². The van der Waals surface area contributed by atoms with Crippen molar-refractivity contribution < 1.29 is 19.2 Å². The molecule has 1 aromatic heterocycles. The third-order valence-electron chi connectivity index (χ3n) is 4.88. The van der Waals surface area contributed by atoms with Crippen LogP contribution in [0.3, 0.4) is 0 Å². The fourth-order valence-electron chi connectivity index (χ4n) is 3.30. The molecule has 0 bridgehead atoms. The molecule has 0 amide bonds. The van der Waals surface area contributed by atoms with Crippen molar-refractivity contribution in [2.24, 2.45) is 0 Å². The van der Waals surface area contributed by atoms with Gasteiger partial charge in [-0.1, -0.05) is 24.3 Å². The molecular formula is C21H22NO4+. The van der Waals surface area contributed by atoms with Crippen LogP contribution in [0.25, 0.3) is 11.0 Å². The second-order valence-corrected chi connectivity index (χ2v) is 6.70. The smallest absolute Gasteiger partial charge is 0.336 e. The molecule has 2 heterocycles. The number of aryl methyl sites for hydroxylation is 2. The first kappa shape index (κ1) is 16.7. The molecule has 0 fully saturated rings. The van der Waals surface area contributed by atoms with Gasteiger partial charge in [0.15, 0.2) is 17.6 Å². The van der Waals surface area contributed by atoms with Crippen molar-refractivity contribution in [2.45, 2.75) is 26.5 Å². The van der Waals surface area contributed by atoms with Gasteiger partial charge in [-0.05, 0) is 37.1 Å². The summed E-state index contributed by atoms with van der Waals surface area (Å²) in [6.07, 6.45) is -0.0136. The SMILES string of the molecule is Cc1ccc2c(C[NH2+]C[C@@H]3COc4ccccc4O3)cc(=O)oc2c1C. The summed E-state index contributed by atoms with van der Waals surface area (Å²) in [5, 5.41) is 3.14. The Hall–Kier alpha value is -2.79. The molecule has 2 aromatic carbocycles. The molecule has 3 aromatic rings. The number of para-hydroxylation sites is 2. The molecule has 0 aliphatic carbocycles. The Morgan fingerprint density at radius 2 is 1.92 bits per heavy atom. The summed E-state index contributed by atoms with van der Waals surface area (Å²) >= 11 is 0. The molecule has 1 atom stereocenters. The minimum Gasteiger partial charge on any atom is -0.486 e. The van der Waals surface area contributed by atoms with Crippen LogP contribution in [0.5, 0.6) is 11.5 Å². The van der Waals surface area contributed by atoms with Crippen LogP contribution in [0.15, 0.2) is 51.7 Å². The van der Waals surface area contributed by atoms with E-state index in [0.29, 0.717) is 18.7 Å². The molecule has 26 heavy (non-hydrogen) atoms. The van der Waals surface area contributed by atoms with Crippen molar-refractivity contribution in [3.05, 3.63) is 69.6 Å². The van der Waals surface area contributed by atoms with Crippen molar-refractivity contribution in [1.29, 1.82) is 0 Å². The van der Waals surface area contributed by atoms with Crippen LogP contribution >= 0.6 is 0 Å². The highest BCUT2D eigenvalue weighted by molar-refractivity contribution is 5.83. The Bertz CT molecular complexity index is 1010. The molecule has 0 radical (unpaired) electrons. The first-order valence-electron chi connectivity index (χ1n) is 8.85. The third-order valence-corrected chi connectivity index (χ3v) is 4.88. The van der Waals surface area contributed by atoms with E-state index in [1.54, 1.807) is 6.07 Å². The third kappa shape index (κ3) is 3.18. The maximum absolute atomic E-state index is 11.9. The Labute approximate surface area is 151 Å². The highest BCUT2D eigenvalue weighted by atomic mass is 16.6. The van der Waals surface area contributed by atoms with Crippen LogP contribution < -0.4 is 20.4 Å². The van der Waals surface area contributed by atoms with Crippen molar-refractivity contribution in [3.8, 4) is 11.5 Å². The van der Waals surface area contributed by atoms with Gasteiger partial charge in [0.2, 0.25) is 0 Å². The molecule has 0 unspecified atom stereocenters. The van der Waals surface area contributed by atoms with Crippen LogP contribution in [0.4, 0.5) is 0 Å². The normalized spacial score (nSPS) is 16.0. The lowest BCUT2D eigenvalue weighted by Gasteiger charge is -2.25.